The highest BCUT2D eigenvalue weighted by Crippen LogP contribution is 2.11. The summed E-state index contributed by atoms with van der Waals surface area (Å²) < 4.78 is 13.1. The van der Waals surface area contributed by atoms with Crippen LogP contribution in [0.5, 0.6) is 0 Å². The van der Waals surface area contributed by atoms with E-state index in [9.17, 15) is 9.18 Å². The quantitative estimate of drug-likeness (QED) is 0.830. The Morgan fingerprint density at radius 3 is 2.60 bits per heavy atom. The van der Waals surface area contributed by atoms with E-state index < -0.39 is 5.82 Å². The van der Waals surface area contributed by atoms with Gasteiger partial charge in [0, 0.05) is 32.4 Å². The van der Waals surface area contributed by atoms with Crippen molar-refractivity contribution in [2.24, 2.45) is 5.73 Å². The number of hydrogen-bond donors (Lipinski definition) is 1. The summed E-state index contributed by atoms with van der Waals surface area (Å²) in [5.41, 5.74) is 5.91. The zero-order chi connectivity index (χ0) is 14.7. The van der Waals surface area contributed by atoms with Crippen molar-refractivity contribution in [2.45, 2.75) is 13.0 Å². The van der Waals surface area contributed by atoms with Crippen LogP contribution in [0.25, 0.3) is 0 Å². The first-order chi connectivity index (χ1) is 9.49. The second kappa shape index (κ2) is 6.23. The van der Waals surface area contributed by atoms with Gasteiger partial charge in [-0.1, -0.05) is 12.2 Å². The molecule has 0 aromatic carbocycles. The van der Waals surface area contributed by atoms with E-state index in [0.717, 1.165) is 6.20 Å². The van der Waals surface area contributed by atoms with Crippen LogP contribution in [0.3, 0.4) is 0 Å². The van der Waals surface area contributed by atoms with Crippen LogP contribution in [0.15, 0.2) is 18.5 Å². The summed E-state index contributed by atoms with van der Waals surface area (Å²) in [7, 11) is 0. The topological polar surface area (TPSA) is 62.5 Å². The third-order valence-corrected chi connectivity index (χ3v) is 3.85. The van der Waals surface area contributed by atoms with E-state index in [0.29, 0.717) is 31.2 Å². The first-order valence-electron chi connectivity index (χ1n) is 6.42. The van der Waals surface area contributed by atoms with Crippen molar-refractivity contribution in [2.75, 3.05) is 26.2 Å². The molecule has 2 N–H and O–H groups in total. The van der Waals surface area contributed by atoms with Crippen molar-refractivity contribution < 1.29 is 9.18 Å². The molecule has 2 heterocycles. The molecule has 1 unspecified atom stereocenters. The predicted molar refractivity (Wildman–Crippen MR) is 77.9 cm³/mol. The summed E-state index contributed by atoms with van der Waals surface area (Å²) in [4.78, 5) is 20.2. The molecule has 5 nitrogen and oxygen atoms in total. The van der Waals surface area contributed by atoms with Crippen molar-refractivity contribution >= 4 is 23.1 Å². The van der Waals surface area contributed by atoms with Gasteiger partial charge in [-0.15, -0.1) is 0 Å². The molecular weight excluding hydrogens is 279 g/mol. The maximum Gasteiger partial charge on any atom is 0.255 e. The van der Waals surface area contributed by atoms with Gasteiger partial charge in [0.15, 0.2) is 0 Å². The average molecular weight is 296 g/mol. The molecular formula is C13H17FN4OS. The fourth-order valence-corrected chi connectivity index (χ4v) is 2.35. The van der Waals surface area contributed by atoms with E-state index in [4.69, 9.17) is 18.0 Å². The molecule has 1 aromatic rings. The maximum absolute atomic E-state index is 13.1. The number of rotatable bonds is 3. The monoisotopic (exact) mass is 296 g/mol. The van der Waals surface area contributed by atoms with Crippen molar-refractivity contribution in [3.8, 4) is 0 Å². The first kappa shape index (κ1) is 14.8. The van der Waals surface area contributed by atoms with Gasteiger partial charge in [0.1, 0.15) is 5.82 Å². The second-order valence-corrected chi connectivity index (χ2v) is 5.27. The number of carbonyl (C=O) groups excluding carboxylic acids is 1. The number of hydrogen-bond acceptors (Lipinski definition) is 4. The molecule has 0 spiro atoms. The number of amides is 1. The summed E-state index contributed by atoms with van der Waals surface area (Å²) in [6.07, 6.45) is 2.47. The number of piperazine rings is 1. The molecule has 1 aliphatic rings. The van der Waals surface area contributed by atoms with Crippen LogP contribution in [0.2, 0.25) is 0 Å². The SMILES string of the molecule is CC(C(N)=S)N1CCN(C(=O)c2cncc(F)c2)CC1. The summed E-state index contributed by atoms with van der Waals surface area (Å²) >= 11 is 4.98. The normalized spacial score (nSPS) is 17.8. The highest BCUT2D eigenvalue weighted by Gasteiger charge is 2.25. The Hall–Kier alpha value is -1.60. The average Bonchev–Trinajstić information content (AvgIpc) is 2.46. The third kappa shape index (κ3) is 3.29. The van der Waals surface area contributed by atoms with Gasteiger partial charge < -0.3 is 10.6 Å². The summed E-state index contributed by atoms with van der Waals surface area (Å²) in [5, 5.41) is 0. The Bertz CT molecular complexity index is 517. The van der Waals surface area contributed by atoms with E-state index in [1.165, 1.54) is 12.3 Å². The molecule has 20 heavy (non-hydrogen) atoms. The van der Waals surface area contributed by atoms with Crippen LogP contribution in [0, 0.1) is 5.82 Å². The Morgan fingerprint density at radius 2 is 2.05 bits per heavy atom. The summed E-state index contributed by atoms with van der Waals surface area (Å²) in [6.45, 7) is 4.50. The number of thiocarbonyl (C=S) groups is 1. The van der Waals surface area contributed by atoms with Gasteiger partial charge in [0.2, 0.25) is 0 Å². The van der Waals surface area contributed by atoms with E-state index in [1.807, 2.05) is 6.92 Å². The molecule has 108 valence electrons. The molecule has 0 saturated carbocycles. The Kier molecular flexibility index (Phi) is 4.61. The molecule has 1 amide bonds. The fourth-order valence-electron chi connectivity index (χ4n) is 2.20. The standard InChI is InChI=1S/C13H17FN4OS/c1-9(12(15)20)17-2-4-18(5-3-17)13(19)10-6-11(14)8-16-7-10/h6-9H,2-5H2,1H3,(H2,15,20). The summed E-state index contributed by atoms with van der Waals surface area (Å²) in [6, 6.07) is 1.23. The third-order valence-electron chi connectivity index (χ3n) is 3.51. The number of carbonyl (C=O) groups is 1. The molecule has 7 heteroatoms. The second-order valence-electron chi connectivity index (χ2n) is 4.80. The van der Waals surface area contributed by atoms with E-state index in [-0.39, 0.29) is 17.5 Å². The predicted octanol–water partition coefficient (Wildman–Crippen LogP) is 0.653. The number of halogens is 1. The lowest BCUT2D eigenvalue weighted by atomic mass is 10.2. The Balaban J connectivity index is 1.97. The molecule has 1 atom stereocenters. The van der Waals surface area contributed by atoms with Crippen LogP contribution in [0.4, 0.5) is 4.39 Å². The molecule has 1 fully saturated rings. The Morgan fingerprint density at radius 1 is 1.40 bits per heavy atom. The maximum atomic E-state index is 13.1. The van der Waals surface area contributed by atoms with Crippen LogP contribution < -0.4 is 5.73 Å². The minimum absolute atomic E-state index is 0.0260. The highest BCUT2D eigenvalue weighted by atomic mass is 32.1. The molecule has 0 aliphatic carbocycles. The molecule has 2 rings (SSSR count). The van der Waals surface area contributed by atoms with Gasteiger partial charge >= 0.3 is 0 Å². The van der Waals surface area contributed by atoms with Gasteiger partial charge in [-0.05, 0) is 13.0 Å². The Labute approximate surface area is 122 Å². The molecule has 1 aromatic heterocycles. The van der Waals surface area contributed by atoms with Crippen LogP contribution >= 0.6 is 12.2 Å². The largest absolute Gasteiger partial charge is 0.392 e. The summed E-state index contributed by atoms with van der Waals surface area (Å²) in [5.74, 6) is -0.698. The lowest BCUT2D eigenvalue weighted by Gasteiger charge is -2.37. The lowest BCUT2D eigenvalue weighted by Crippen LogP contribution is -2.53. The van der Waals surface area contributed by atoms with Crippen LogP contribution in [-0.4, -0.2) is 57.9 Å². The number of nitrogens with zero attached hydrogens (tertiary/aromatic N) is 3. The molecule has 0 radical (unpaired) electrons. The molecule has 1 aliphatic heterocycles. The zero-order valence-electron chi connectivity index (χ0n) is 11.3. The number of pyridine rings is 1. The minimum atomic E-state index is -0.503. The van der Waals surface area contributed by atoms with Crippen molar-refractivity contribution in [1.29, 1.82) is 0 Å². The van der Waals surface area contributed by atoms with Crippen molar-refractivity contribution in [3.63, 3.8) is 0 Å². The molecule has 1 saturated heterocycles. The first-order valence-corrected chi connectivity index (χ1v) is 6.83. The van der Waals surface area contributed by atoms with Crippen molar-refractivity contribution in [3.05, 3.63) is 29.8 Å². The van der Waals surface area contributed by atoms with E-state index >= 15 is 0 Å². The minimum Gasteiger partial charge on any atom is -0.392 e. The number of nitrogens with two attached hydrogens (primary N) is 1. The van der Waals surface area contributed by atoms with Gasteiger partial charge in [-0.3, -0.25) is 14.7 Å². The van der Waals surface area contributed by atoms with E-state index in [1.54, 1.807) is 4.90 Å². The van der Waals surface area contributed by atoms with Gasteiger partial charge in [-0.2, -0.15) is 0 Å². The van der Waals surface area contributed by atoms with Crippen molar-refractivity contribution in [1.82, 2.24) is 14.8 Å². The lowest BCUT2D eigenvalue weighted by molar-refractivity contribution is 0.0621. The van der Waals surface area contributed by atoms with Crippen LogP contribution in [-0.2, 0) is 0 Å². The molecule has 0 bridgehead atoms. The van der Waals surface area contributed by atoms with Gasteiger partial charge in [-0.25, -0.2) is 4.39 Å². The highest BCUT2D eigenvalue weighted by molar-refractivity contribution is 7.80. The van der Waals surface area contributed by atoms with E-state index in [2.05, 4.69) is 9.88 Å². The van der Waals surface area contributed by atoms with Gasteiger partial charge in [0.25, 0.3) is 5.91 Å². The van der Waals surface area contributed by atoms with Crippen LogP contribution in [0.1, 0.15) is 17.3 Å². The smallest absolute Gasteiger partial charge is 0.255 e. The van der Waals surface area contributed by atoms with Gasteiger partial charge in [0.05, 0.1) is 22.8 Å². The number of aromatic nitrogens is 1. The zero-order valence-corrected chi connectivity index (χ0v) is 12.1. The fraction of sp³-hybridized carbons (Fsp3) is 0.462.